The molecule has 0 spiro atoms. The van der Waals surface area contributed by atoms with Crippen molar-refractivity contribution in [3.8, 4) is 11.4 Å². The molecule has 2 aromatic rings. The van der Waals surface area contributed by atoms with E-state index >= 15 is 0 Å². The third-order valence-corrected chi connectivity index (χ3v) is 2.94. The summed E-state index contributed by atoms with van der Waals surface area (Å²) in [6, 6.07) is 9.73. The first-order chi connectivity index (χ1) is 7.83. The first-order valence-electron chi connectivity index (χ1n) is 5.40. The van der Waals surface area contributed by atoms with E-state index in [2.05, 4.69) is 10.1 Å². The van der Waals surface area contributed by atoms with Crippen molar-refractivity contribution in [2.45, 2.75) is 24.9 Å². The highest BCUT2D eigenvalue weighted by Crippen LogP contribution is 2.36. The van der Waals surface area contributed by atoms with Gasteiger partial charge in [0.1, 0.15) is 0 Å². The lowest BCUT2D eigenvalue weighted by Gasteiger charge is -2.27. The van der Waals surface area contributed by atoms with Crippen LogP contribution in [0.5, 0.6) is 0 Å². The molecule has 3 rings (SSSR count). The Kier molecular flexibility index (Phi) is 2.22. The molecule has 1 aliphatic rings. The molecule has 1 N–H and O–H groups in total. The molecular formula is C12H12N2O2. The van der Waals surface area contributed by atoms with Crippen molar-refractivity contribution in [1.29, 1.82) is 0 Å². The van der Waals surface area contributed by atoms with Gasteiger partial charge < -0.3 is 9.63 Å². The molecule has 0 radical (unpaired) electrons. The van der Waals surface area contributed by atoms with E-state index in [-0.39, 0.29) is 12.0 Å². The van der Waals surface area contributed by atoms with Crippen LogP contribution in [0, 0.1) is 0 Å². The molecule has 0 aliphatic heterocycles. The van der Waals surface area contributed by atoms with Crippen LogP contribution in [0.4, 0.5) is 0 Å². The minimum Gasteiger partial charge on any atom is -0.393 e. The Bertz CT molecular complexity index is 475. The minimum absolute atomic E-state index is 0.197. The van der Waals surface area contributed by atoms with Crippen LogP contribution >= 0.6 is 0 Å². The molecule has 4 heteroatoms. The van der Waals surface area contributed by atoms with Crippen LogP contribution in [0.2, 0.25) is 0 Å². The average molecular weight is 216 g/mol. The summed E-state index contributed by atoms with van der Waals surface area (Å²) in [5, 5.41) is 13.2. The quantitative estimate of drug-likeness (QED) is 0.833. The van der Waals surface area contributed by atoms with Crippen LogP contribution in [0.15, 0.2) is 34.9 Å². The Morgan fingerprint density at radius 2 is 1.94 bits per heavy atom. The number of aliphatic hydroxyl groups excluding tert-OH is 1. The molecule has 1 aromatic carbocycles. The van der Waals surface area contributed by atoms with Crippen molar-refractivity contribution in [2.75, 3.05) is 0 Å². The number of hydrogen-bond donors (Lipinski definition) is 1. The summed E-state index contributed by atoms with van der Waals surface area (Å²) in [4.78, 5) is 4.35. The predicted molar refractivity (Wildman–Crippen MR) is 57.7 cm³/mol. The smallest absolute Gasteiger partial charge is 0.230 e. The monoisotopic (exact) mass is 216 g/mol. The fraction of sp³-hybridized carbons (Fsp3) is 0.333. The van der Waals surface area contributed by atoms with E-state index in [4.69, 9.17) is 4.52 Å². The highest BCUT2D eigenvalue weighted by Gasteiger charge is 2.33. The number of aliphatic hydroxyl groups is 1. The summed E-state index contributed by atoms with van der Waals surface area (Å²) < 4.78 is 5.20. The lowest BCUT2D eigenvalue weighted by atomic mass is 9.82. The normalized spacial score (nSPS) is 24.1. The molecule has 1 heterocycles. The number of rotatable bonds is 2. The van der Waals surface area contributed by atoms with Gasteiger partial charge in [-0.25, -0.2) is 0 Å². The zero-order valence-corrected chi connectivity index (χ0v) is 8.71. The maximum absolute atomic E-state index is 9.21. The second-order valence-electron chi connectivity index (χ2n) is 4.14. The van der Waals surface area contributed by atoms with Crippen molar-refractivity contribution in [3.05, 3.63) is 36.2 Å². The van der Waals surface area contributed by atoms with E-state index in [1.807, 2.05) is 30.3 Å². The molecule has 1 aromatic heterocycles. The molecule has 82 valence electrons. The SMILES string of the molecule is OC1CC(c2nc(-c3ccccc3)no2)C1. The van der Waals surface area contributed by atoms with Crippen LogP contribution in [0.3, 0.4) is 0 Å². The van der Waals surface area contributed by atoms with Gasteiger partial charge in [-0.1, -0.05) is 35.5 Å². The highest BCUT2D eigenvalue weighted by molar-refractivity contribution is 5.53. The van der Waals surface area contributed by atoms with Gasteiger partial charge in [-0.3, -0.25) is 0 Å². The first-order valence-corrected chi connectivity index (χ1v) is 5.40. The van der Waals surface area contributed by atoms with E-state index in [0.717, 1.165) is 18.4 Å². The third kappa shape index (κ3) is 1.61. The first kappa shape index (κ1) is 9.54. The number of hydrogen-bond acceptors (Lipinski definition) is 4. The second kappa shape index (κ2) is 3.72. The van der Waals surface area contributed by atoms with Crippen LogP contribution in [0.25, 0.3) is 11.4 Å². The molecule has 0 amide bonds. The molecule has 0 bridgehead atoms. The van der Waals surface area contributed by atoms with Crippen LogP contribution in [0.1, 0.15) is 24.7 Å². The Balaban J connectivity index is 1.83. The number of aromatic nitrogens is 2. The Morgan fingerprint density at radius 1 is 1.19 bits per heavy atom. The highest BCUT2D eigenvalue weighted by atomic mass is 16.5. The topological polar surface area (TPSA) is 59.2 Å². The van der Waals surface area contributed by atoms with Gasteiger partial charge >= 0.3 is 0 Å². The summed E-state index contributed by atoms with van der Waals surface area (Å²) in [5.41, 5.74) is 0.956. The fourth-order valence-electron chi connectivity index (χ4n) is 1.89. The van der Waals surface area contributed by atoms with Crippen molar-refractivity contribution < 1.29 is 9.63 Å². The molecule has 1 saturated carbocycles. The van der Waals surface area contributed by atoms with Crippen LogP contribution in [-0.2, 0) is 0 Å². The summed E-state index contributed by atoms with van der Waals surface area (Å²) in [7, 11) is 0. The van der Waals surface area contributed by atoms with Crippen molar-refractivity contribution in [3.63, 3.8) is 0 Å². The third-order valence-electron chi connectivity index (χ3n) is 2.94. The molecular weight excluding hydrogens is 204 g/mol. The standard InChI is InChI=1S/C12H12N2O2/c15-10-6-9(7-10)12-13-11(14-16-12)8-4-2-1-3-5-8/h1-5,9-10,15H,6-7H2. The molecule has 16 heavy (non-hydrogen) atoms. The maximum atomic E-state index is 9.21. The van der Waals surface area contributed by atoms with Gasteiger partial charge in [0.05, 0.1) is 6.10 Å². The van der Waals surface area contributed by atoms with Gasteiger partial charge in [-0.2, -0.15) is 4.98 Å². The summed E-state index contributed by atoms with van der Waals surface area (Å²) >= 11 is 0. The van der Waals surface area contributed by atoms with Gasteiger partial charge in [-0.05, 0) is 12.8 Å². The van der Waals surface area contributed by atoms with E-state index in [1.165, 1.54) is 0 Å². The zero-order chi connectivity index (χ0) is 11.0. The Labute approximate surface area is 92.9 Å². The zero-order valence-electron chi connectivity index (χ0n) is 8.71. The van der Waals surface area contributed by atoms with Crippen molar-refractivity contribution >= 4 is 0 Å². The lowest BCUT2D eigenvalue weighted by Crippen LogP contribution is -2.26. The minimum atomic E-state index is -0.197. The van der Waals surface area contributed by atoms with Gasteiger partial charge in [0, 0.05) is 11.5 Å². The molecule has 0 atom stereocenters. The van der Waals surface area contributed by atoms with Gasteiger partial charge in [0.25, 0.3) is 0 Å². The maximum Gasteiger partial charge on any atom is 0.230 e. The van der Waals surface area contributed by atoms with Crippen molar-refractivity contribution in [1.82, 2.24) is 10.1 Å². The summed E-state index contributed by atoms with van der Waals surface area (Å²) in [6.07, 6.45) is 1.27. The number of nitrogens with zero attached hydrogens (tertiary/aromatic N) is 2. The Hall–Kier alpha value is -1.68. The fourth-order valence-corrected chi connectivity index (χ4v) is 1.89. The van der Waals surface area contributed by atoms with E-state index in [0.29, 0.717) is 11.7 Å². The molecule has 4 nitrogen and oxygen atoms in total. The van der Waals surface area contributed by atoms with E-state index in [9.17, 15) is 5.11 Å². The van der Waals surface area contributed by atoms with Crippen molar-refractivity contribution in [2.24, 2.45) is 0 Å². The lowest BCUT2D eigenvalue weighted by molar-refractivity contribution is 0.0625. The van der Waals surface area contributed by atoms with E-state index < -0.39 is 0 Å². The molecule has 1 fully saturated rings. The van der Waals surface area contributed by atoms with Gasteiger partial charge in [0.15, 0.2) is 0 Å². The predicted octanol–water partition coefficient (Wildman–Crippen LogP) is 1.97. The molecule has 0 unspecified atom stereocenters. The molecule has 1 aliphatic carbocycles. The van der Waals surface area contributed by atoms with Crippen LogP contribution < -0.4 is 0 Å². The average Bonchev–Trinajstić information content (AvgIpc) is 2.75. The van der Waals surface area contributed by atoms with Gasteiger partial charge in [0.2, 0.25) is 11.7 Å². The largest absolute Gasteiger partial charge is 0.393 e. The summed E-state index contributed by atoms with van der Waals surface area (Å²) in [6.45, 7) is 0. The summed E-state index contributed by atoms with van der Waals surface area (Å²) in [5.74, 6) is 1.50. The number of benzene rings is 1. The van der Waals surface area contributed by atoms with Gasteiger partial charge in [-0.15, -0.1) is 0 Å². The Morgan fingerprint density at radius 3 is 2.62 bits per heavy atom. The van der Waals surface area contributed by atoms with Crippen LogP contribution in [-0.4, -0.2) is 21.4 Å². The molecule has 0 saturated heterocycles. The van der Waals surface area contributed by atoms with E-state index in [1.54, 1.807) is 0 Å². The second-order valence-corrected chi connectivity index (χ2v) is 4.14.